The highest BCUT2D eigenvalue weighted by Crippen LogP contribution is 2.62. The van der Waals surface area contributed by atoms with E-state index in [1.54, 1.807) is 0 Å². The van der Waals surface area contributed by atoms with Gasteiger partial charge in [-0.15, -0.1) is 6.42 Å². The van der Waals surface area contributed by atoms with Crippen LogP contribution in [0.3, 0.4) is 0 Å². The molecule has 1 amide bonds. The van der Waals surface area contributed by atoms with E-state index in [4.69, 9.17) is 6.42 Å². The molecule has 0 bridgehead atoms. The topological polar surface area (TPSA) is 23.6 Å². The van der Waals surface area contributed by atoms with Gasteiger partial charge in [-0.05, 0) is 43.2 Å². The zero-order valence-electron chi connectivity index (χ0n) is 12.1. The summed E-state index contributed by atoms with van der Waals surface area (Å²) in [7, 11) is 0. The number of hydrogen-bond acceptors (Lipinski definition) is 2. The second kappa shape index (κ2) is 4.52. The van der Waals surface area contributed by atoms with E-state index in [2.05, 4.69) is 29.6 Å². The molecule has 104 valence electrons. The van der Waals surface area contributed by atoms with E-state index in [1.165, 1.54) is 0 Å². The Balaban J connectivity index is 1.49. The van der Waals surface area contributed by atoms with Gasteiger partial charge in [-0.3, -0.25) is 9.69 Å². The Bertz CT molecular complexity index is 401. The molecule has 3 heteroatoms. The van der Waals surface area contributed by atoms with Gasteiger partial charge in [0, 0.05) is 19.0 Å². The zero-order chi connectivity index (χ0) is 13.6. The molecule has 3 fully saturated rings. The van der Waals surface area contributed by atoms with Crippen LogP contribution in [-0.2, 0) is 4.79 Å². The summed E-state index contributed by atoms with van der Waals surface area (Å²) in [5, 5.41) is 0. The van der Waals surface area contributed by atoms with E-state index in [0.717, 1.165) is 57.4 Å². The minimum absolute atomic E-state index is 0.245. The van der Waals surface area contributed by atoms with E-state index >= 15 is 0 Å². The Kier molecular flexibility index (Phi) is 3.09. The molecule has 0 aromatic carbocycles. The van der Waals surface area contributed by atoms with Gasteiger partial charge in [0.15, 0.2) is 0 Å². The molecular formula is C16H24N2O. The number of carbonyl (C=O) groups excluding carboxylic acids is 1. The predicted octanol–water partition coefficient (Wildman–Crippen LogP) is 1.45. The average molecular weight is 260 g/mol. The second-order valence-corrected chi connectivity index (χ2v) is 7.03. The first kappa shape index (κ1) is 13.0. The quantitative estimate of drug-likeness (QED) is 0.702. The van der Waals surface area contributed by atoms with Gasteiger partial charge < -0.3 is 4.90 Å². The summed E-state index contributed by atoms with van der Waals surface area (Å²) in [6.07, 6.45) is 7.30. The predicted molar refractivity (Wildman–Crippen MR) is 75.3 cm³/mol. The second-order valence-electron chi connectivity index (χ2n) is 7.03. The molecule has 0 aromatic rings. The van der Waals surface area contributed by atoms with E-state index in [0.29, 0.717) is 11.3 Å². The van der Waals surface area contributed by atoms with E-state index in [9.17, 15) is 4.79 Å². The summed E-state index contributed by atoms with van der Waals surface area (Å²) in [4.78, 5) is 16.9. The largest absolute Gasteiger partial charge is 0.342 e. The van der Waals surface area contributed by atoms with E-state index in [-0.39, 0.29) is 5.92 Å². The maximum absolute atomic E-state index is 12.5. The number of rotatable bonds is 2. The molecule has 3 nitrogen and oxygen atoms in total. The maximum atomic E-state index is 12.5. The molecule has 2 aliphatic heterocycles. The molecule has 1 saturated carbocycles. The van der Waals surface area contributed by atoms with Gasteiger partial charge in [-0.2, -0.15) is 0 Å². The lowest BCUT2D eigenvalue weighted by molar-refractivity contribution is -0.136. The molecule has 2 saturated heterocycles. The summed E-state index contributed by atoms with van der Waals surface area (Å²) in [6, 6.07) is 0. The van der Waals surface area contributed by atoms with Crippen LogP contribution in [0.5, 0.6) is 0 Å². The molecule has 2 atom stereocenters. The standard InChI is InChI=1S/C16H24N2O/c1-4-7-17-8-5-12(6-9-17)15(19)18-10-13-14(11-18)16(13,2)3/h1,12-14H,5-11H2,2-3H3. The number of likely N-dealkylation sites (tertiary alicyclic amines) is 2. The van der Waals surface area contributed by atoms with Crippen LogP contribution in [0.4, 0.5) is 0 Å². The molecular weight excluding hydrogens is 236 g/mol. The molecule has 1 aliphatic carbocycles. The van der Waals surface area contributed by atoms with Crippen molar-refractivity contribution in [2.45, 2.75) is 26.7 Å². The highest BCUT2D eigenvalue weighted by molar-refractivity contribution is 5.79. The molecule has 3 aliphatic rings. The lowest BCUT2D eigenvalue weighted by Gasteiger charge is -2.33. The summed E-state index contributed by atoms with van der Waals surface area (Å²) in [5.74, 6) is 4.86. The summed E-state index contributed by atoms with van der Waals surface area (Å²) in [6.45, 7) is 9.36. The fourth-order valence-corrected chi connectivity index (χ4v) is 4.04. The Morgan fingerprint density at radius 3 is 2.37 bits per heavy atom. The van der Waals surface area contributed by atoms with Crippen molar-refractivity contribution in [2.75, 3.05) is 32.7 Å². The maximum Gasteiger partial charge on any atom is 0.225 e. The highest BCUT2D eigenvalue weighted by Gasteiger charge is 2.62. The van der Waals surface area contributed by atoms with Crippen LogP contribution in [0.2, 0.25) is 0 Å². The molecule has 3 rings (SSSR count). The van der Waals surface area contributed by atoms with Crippen LogP contribution in [-0.4, -0.2) is 48.4 Å². The molecule has 2 unspecified atom stereocenters. The first-order chi connectivity index (χ1) is 9.04. The van der Waals surface area contributed by atoms with Gasteiger partial charge in [0.1, 0.15) is 0 Å². The van der Waals surface area contributed by atoms with Crippen LogP contribution in [0.15, 0.2) is 0 Å². The minimum atomic E-state index is 0.245. The lowest BCUT2D eigenvalue weighted by Crippen LogP contribution is -2.43. The molecule has 0 N–H and O–H groups in total. The molecule has 2 heterocycles. The van der Waals surface area contributed by atoms with Crippen LogP contribution < -0.4 is 0 Å². The minimum Gasteiger partial charge on any atom is -0.342 e. The fraction of sp³-hybridized carbons (Fsp3) is 0.812. The smallest absolute Gasteiger partial charge is 0.225 e. The summed E-state index contributed by atoms with van der Waals surface area (Å²) < 4.78 is 0. The first-order valence-corrected chi connectivity index (χ1v) is 7.48. The Morgan fingerprint density at radius 2 is 1.84 bits per heavy atom. The van der Waals surface area contributed by atoms with Gasteiger partial charge in [0.05, 0.1) is 6.54 Å². The van der Waals surface area contributed by atoms with Crippen molar-refractivity contribution in [3.05, 3.63) is 0 Å². The van der Waals surface area contributed by atoms with Gasteiger partial charge in [0.2, 0.25) is 5.91 Å². The van der Waals surface area contributed by atoms with Crippen molar-refractivity contribution in [3.63, 3.8) is 0 Å². The van der Waals surface area contributed by atoms with Gasteiger partial charge in [-0.25, -0.2) is 0 Å². The Labute approximate surface area is 116 Å². The van der Waals surface area contributed by atoms with Crippen LogP contribution in [0, 0.1) is 35.5 Å². The van der Waals surface area contributed by atoms with Crippen molar-refractivity contribution >= 4 is 5.91 Å². The van der Waals surface area contributed by atoms with Crippen LogP contribution in [0.1, 0.15) is 26.7 Å². The van der Waals surface area contributed by atoms with Gasteiger partial charge in [-0.1, -0.05) is 19.8 Å². The molecule has 0 radical (unpaired) electrons. The SMILES string of the molecule is C#CCN1CCC(C(=O)N2CC3C(C2)C3(C)C)CC1. The Morgan fingerprint density at radius 1 is 1.26 bits per heavy atom. The Hall–Kier alpha value is -1.01. The first-order valence-electron chi connectivity index (χ1n) is 7.48. The van der Waals surface area contributed by atoms with Crippen molar-refractivity contribution in [1.82, 2.24) is 9.80 Å². The van der Waals surface area contributed by atoms with Crippen molar-refractivity contribution in [2.24, 2.45) is 23.2 Å². The molecule has 0 spiro atoms. The molecule has 0 aromatic heterocycles. The fourth-order valence-electron chi connectivity index (χ4n) is 4.04. The normalized spacial score (nSPS) is 33.8. The van der Waals surface area contributed by atoms with E-state index < -0.39 is 0 Å². The summed E-state index contributed by atoms with van der Waals surface area (Å²) in [5.41, 5.74) is 0.493. The average Bonchev–Trinajstić information content (AvgIpc) is 2.80. The van der Waals surface area contributed by atoms with Crippen molar-refractivity contribution in [3.8, 4) is 12.3 Å². The van der Waals surface area contributed by atoms with Gasteiger partial charge in [0.25, 0.3) is 0 Å². The monoisotopic (exact) mass is 260 g/mol. The number of nitrogens with zero attached hydrogens (tertiary/aromatic N) is 2. The van der Waals surface area contributed by atoms with Crippen molar-refractivity contribution < 1.29 is 4.79 Å². The van der Waals surface area contributed by atoms with Crippen LogP contribution >= 0.6 is 0 Å². The van der Waals surface area contributed by atoms with Crippen molar-refractivity contribution in [1.29, 1.82) is 0 Å². The lowest BCUT2D eigenvalue weighted by atomic mass is 9.94. The highest BCUT2D eigenvalue weighted by atomic mass is 16.2. The molecule has 19 heavy (non-hydrogen) atoms. The number of carbonyl (C=O) groups is 1. The number of fused-ring (bicyclic) bond motifs is 1. The van der Waals surface area contributed by atoms with E-state index in [1.807, 2.05) is 0 Å². The third kappa shape index (κ3) is 2.17. The summed E-state index contributed by atoms with van der Waals surface area (Å²) >= 11 is 0. The zero-order valence-corrected chi connectivity index (χ0v) is 12.1. The number of amides is 1. The van der Waals surface area contributed by atoms with Crippen LogP contribution in [0.25, 0.3) is 0 Å². The van der Waals surface area contributed by atoms with Gasteiger partial charge >= 0.3 is 0 Å². The number of piperidine rings is 2. The number of terminal acetylenes is 1. The third-order valence-electron chi connectivity index (χ3n) is 5.69. The third-order valence-corrected chi connectivity index (χ3v) is 5.69. The number of hydrogen-bond donors (Lipinski definition) is 0.